The van der Waals surface area contributed by atoms with Crippen molar-refractivity contribution in [2.75, 3.05) is 5.32 Å². The van der Waals surface area contributed by atoms with Gasteiger partial charge in [0.25, 0.3) is 11.6 Å². The van der Waals surface area contributed by atoms with Crippen LogP contribution in [0.3, 0.4) is 0 Å². The van der Waals surface area contributed by atoms with Crippen molar-refractivity contribution in [3.8, 4) is 11.8 Å². The number of halogens is 1. The first-order valence-electron chi connectivity index (χ1n) is 9.09. The van der Waals surface area contributed by atoms with Crippen molar-refractivity contribution < 1.29 is 14.5 Å². The van der Waals surface area contributed by atoms with Gasteiger partial charge in [0.05, 0.1) is 4.92 Å². The Kier molecular flexibility index (Phi) is 6.99. The molecule has 154 valence electrons. The van der Waals surface area contributed by atoms with E-state index in [9.17, 15) is 20.2 Å². The van der Waals surface area contributed by atoms with E-state index in [1.807, 2.05) is 18.2 Å². The van der Waals surface area contributed by atoms with Gasteiger partial charge >= 0.3 is 0 Å². The third-order valence-corrected chi connectivity index (χ3v) is 4.38. The van der Waals surface area contributed by atoms with Crippen molar-refractivity contribution in [2.45, 2.75) is 6.61 Å². The predicted molar refractivity (Wildman–Crippen MR) is 118 cm³/mol. The maximum Gasteiger partial charge on any atom is 0.271 e. The molecule has 1 N–H and O–H groups in total. The van der Waals surface area contributed by atoms with E-state index in [-0.39, 0.29) is 16.9 Å². The van der Waals surface area contributed by atoms with Gasteiger partial charge in [-0.3, -0.25) is 14.9 Å². The van der Waals surface area contributed by atoms with E-state index in [4.69, 9.17) is 16.3 Å². The van der Waals surface area contributed by atoms with Gasteiger partial charge < -0.3 is 10.1 Å². The van der Waals surface area contributed by atoms with Crippen LogP contribution in [0.25, 0.3) is 6.08 Å². The Morgan fingerprint density at radius 3 is 2.65 bits per heavy atom. The quantitative estimate of drug-likeness (QED) is 0.233. The molecule has 0 radical (unpaired) electrons. The average Bonchev–Trinajstić information content (AvgIpc) is 2.76. The van der Waals surface area contributed by atoms with E-state index in [0.717, 1.165) is 5.56 Å². The fraction of sp³-hybridized carbons (Fsp3) is 0.0435. The highest BCUT2D eigenvalue weighted by atomic mass is 35.5. The van der Waals surface area contributed by atoms with Crippen molar-refractivity contribution in [3.63, 3.8) is 0 Å². The number of nitro groups is 1. The summed E-state index contributed by atoms with van der Waals surface area (Å²) >= 11 is 5.97. The van der Waals surface area contributed by atoms with Crippen LogP contribution in [0, 0.1) is 21.4 Å². The van der Waals surface area contributed by atoms with Crippen molar-refractivity contribution in [2.24, 2.45) is 0 Å². The molecule has 8 heteroatoms. The van der Waals surface area contributed by atoms with Crippen molar-refractivity contribution >= 4 is 35.0 Å². The molecule has 0 aromatic heterocycles. The Labute approximate surface area is 183 Å². The van der Waals surface area contributed by atoms with Gasteiger partial charge in [0.2, 0.25) is 0 Å². The second-order valence-corrected chi connectivity index (χ2v) is 6.86. The highest BCUT2D eigenvalue weighted by Gasteiger charge is 2.12. The van der Waals surface area contributed by atoms with Gasteiger partial charge in [-0.2, -0.15) is 5.26 Å². The number of ether oxygens (including phenoxy) is 1. The summed E-state index contributed by atoms with van der Waals surface area (Å²) in [5, 5.41) is 23.4. The molecule has 3 rings (SSSR count). The molecule has 0 bridgehead atoms. The minimum Gasteiger partial charge on any atom is -0.489 e. The second-order valence-electron chi connectivity index (χ2n) is 6.42. The molecule has 0 unspecified atom stereocenters. The summed E-state index contributed by atoms with van der Waals surface area (Å²) in [4.78, 5) is 22.8. The summed E-state index contributed by atoms with van der Waals surface area (Å²) in [5.74, 6) is -0.113. The molecular formula is C23H16ClN3O4. The third-order valence-electron chi connectivity index (χ3n) is 4.14. The van der Waals surface area contributed by atoms with Crippen LogP contribution in [-0.2, 0) is 11.4 Å². The topological polar surface area (TPSA) is 105 Å². The minimum absolute atomic E-state index is 0.154. The van der Waals surface area contributed by atoms with Gasteiger partial charge in [-0.15, -0.1) is 0 Å². The number of anilines is 1. The molecule has 3 aromatic rings. The van der Waals surface area contributed by atoms with Crippen molar-refractivity contribution in [3.05, 3.63) is 105 Å². The van der Waals surface area contributed by atoms with E-state index in [0.29, 0.717) is 22.9 Å². The summed E-state index contributed by atoms with van der Waals surface area (Å²) in [7, 11) is 0. The summed E-state index contributed by atoms with van der Waals surface area (Å²) in [6.07, 6.45) is 1.42. The SMILES string of the molecule is N#C/C(=C/c1cccc(OCc2cccc(Cl)c2)c1)C(=O)Nc1cccc([N+](=O)[O-])c1. The Hall–Kier alpha value is -4.15. The fourth-order valence-corrected chi connectivity index (χ4v) is 2.91. The minimum atomic E-state index is -0.673. The van der Waals surface area contributed by atoms with Gasteiger partial charge in [0.15, 0.2) is 0 Å². The molecule has 0 fully saturated rings. The highest BCUT2D eigenvalue weighted by Crippen LogP contribution is 2.20. The van der Waals surface area contributed by atoms with Crippen LogP contribution >= 0.6 is 11.6 Å². The molecule has 3 aromatic carbocycles. The molecule has 0 aliphatic carbocycles. The average molecular weight is 434 g/mol. The molecule has 0 spiro atoms. The first-order valence-corrected chi connectivity index (χ1v) is 9.47. The Morgan fingerprint density at radius 1 is 1.13 bits per heavy atom. The molecule has 0 aliphatic rings. The first kappa shape index (κ1) is 21.6. The number of hydrogen-bond donors (Lipinski definition) is 1. The van der Waals surface area contributed by atoms with E-state index >= 15 is 0 Å². The highest BCUT2D eigenvalue weighted by molar-refractivity contribution is 6.30. The lowest BCUT2D eigenvalue weighted by Gasteiger charge is -2.08. The van der Waals surface area contributed by atoms with E-state index < -0.39 is 10.8 Å². The number of nitrogens with one attached hydrogen (secondary N) is 1. The Balaban J connectivity index is 1.72. The molecule has 0 heterocycles. The Bertz CT molecular complexity index is 1200. The summed E-state index contributed by atoms with van der Waals surface area (Å²) in [6, 6.07) is 21.6. The summed E-state index contributed by atoms with van der Waals surface area (Å²) in [5.41, 5.74) is 1.40. The van der Waals surface area contributed by atoms with Gasteiger partial charge in [-0.05, 0) is 47.5 Å². The smallest absolute Gasteiger partial charge is 0.271 e. The number of amides is 1. The third kappa shape index (κ3) is 6.16. The van der Waals surface area contributed by atoms with Crippen LogP contribution in [-0.4, -0.2) is 10.8 Å². The largest absolute Gasteiger partial charge is 0.489 e. The van der Waals surface area contributed by atoms with Crippen molar-refractivity contribution in [1.82, 2.24) is 0 Å². The van der Waals surface area contributed by atoms with Gasteiger partial charge in [-0.25, -0.2) is 0 Å². The number of nitriles is 1. The molecule has 0 saturated heterocycles. The molecule has 7 nitrogen and oxygen atoms in total. The molecular weight excluding hydrogens is 418 g/mol. The number of non-ortho nitro benzene ring substituents is 1. The maximum absolute atomic E-state index is 12.4. The number of hydrogen-bond acceptors (Lipinski definition) is 5. The van der Waals surface area contributed by atoms with Crippen LogP contribution < -0.4 is 10.1 Å². The molecule has 31 heavy (non-hydrogen) atoms. The number of carbonyl (C=O) groups excluding carboxylic acids is 1. The maximum atomic E-state index is 12.4. The van der Waals surface area contributed by atoms with Crippen LogP contribution in [0.1, 0.15) is 11.1 Å². The van der Waals surface area contributed by atoms with Gasteiger partial charge in [0, 0.05) is 22.8 Å². The summed E-state index contributed by atoms with van der Waals surface area (Å²) < 4.78 is 5.76. The lowest BCUT2D eigenvalue weighted by atomic mass is 10.1. The number of benzene rings is 3. The zero-order valence-electron chi connectivity index (χ0n) is 16.1. The van der Waals surface area contributed by atoms with Gasteiger partial charge in [0.1, 0.15) is 24.0 Å². The van der Waals surface area contributed by atoms with Crippen molar-refractivity contribution in [1.29, 1.82) is 5.26 Å². The van der Waals surface area contributed by atoms with Crippen LogP contribution in [0.5, 0.6) is 5.75 Å². The predicted octanol–water partition coefficient (Wildman–Crippen LogP) is 5.37. The molecule has 0 saturated carbocycles. The summed E-state index contributed by atoms with van der Waals surface area (Å²) in [6.45, 7) is 0.312. The lowest BCUT2D eigenvalue weighted by Crippen LogP contribution is -2.13. The van der Waals surface area contributed by atoms with Crippen LogP contribution in [0.2, 0.25) is 5.02 Å². The van der Waals surface area contributed by atoms with E-state index in [1.165, 1.54) is 30.3 Å². The zero-order chi connectivity index (χ0) is 22.2. The zero-order valence-corrected chi connectivity index (χ0v) is 16.9. The number of nitro benzene ring substituents is 1. The van der Waals surface area contributed by atoms with E-state index in [1.54, 1.807) is 36.4 Å². The van der Waals surface area contributed by atoms with E-state index in [2.05, 4.69) is 5.32 Å². The number of nitrogens with zero attached hydrogens (tertiary/aromatic N) is 2. The molecule has 0 aliphatic heterocycles. The number of rotatable bonds is 7. The van der Waals surface area contributed by atoms with Crippen LogP contribution in [0.15, 0.2) is 78.4 Å². The monoisotopic (exact) mass is 433 g/mol. The fourth-order valence-electron chi connectivity index (χ4n) is 2.70. The Morgan fingerprint density at radius 2 is 1.90 bits per heavy atom. The lowest BCUT2D eigenvalue weighted by molar-refractivity contribution is -0.384. The molecule has 0 atom stereocenters. The van der Waals surface area contributed by atoms with Crippen LogP contribution in [0.4, 0.5) is 11.4 Å². The first-order chi connectivity index (χ1) is 14.9. The standard InChI is InChI=1S/C23H16ClN3O4/c24-19-6-1-5-17(11-19)15-31-22-9-2-4-16(12-22)10-18(14-25)23(28)26-20-7-3-8-21(13-20)27(29)30/h1-13H,15H2,(H,26,28)/b18-10-. The normalized spacial score (nSPS) is 10.8. The number of carbonyl (C=O) groups is 1. The molecule has 1 amide bonds. The second kappa shape index (κ2) is 10.1. The van der Waals surface area contributed by atoms with Gasteiger partial charge in [-0.1, -0.05) is 41.9 Å².